The largest absolute Gasteiger partial charge is 0.428 e. The number of nitrogens with zero attached hydrogens (tertiary/aromatic N) is 2. The number of primary amides is 1. The fraction of sp³-hybridized carbons (Fsp3) is 0.760. The van der Waals surface area contributed by atoms with Crippen molar-refractivity contribution in [1.29, 1.82) is 5.26 Å². The Balaban J connectivity index is 1.84. The number of hydrogen-bond donors (Lipinski definition) is 3. The summed E-state index contributed by atoms with van der Waals surface area (Å²) in [7, 11) is 0. The van der Waals surface area contributed by atoms with E-state index in [0.29, 0.717) is 0 Å². The highest BCUT2D eigenvalue weighted by Crippen LogP contribution is 2.65. The average Bonchev–Trinajstić information content (AvgIpc) is 3.10. The predicted molar refractivity (Wildman–Crippen MR) is 138 cm³/mol. The monoisotopic (exact) mass is 571 g/mol. The molecule has 4 N–H and O–H groups in total. The Labute approximate surface area is 232 Å². The third-order valence-electron chi connectivity index (χ3n) is 7.55. The highest BCUT2D eigenvalue weighted by atomic mass is 35.5. The molecule has 0 aromatic rings. The van der Waals surface area contributed by atoms with Crippen molar-refractivity contribution >= 4 is 52.8 Å². The number of halogens is 2. The number of carbonyl (C=O) groups excluding carboxylic acids is 5. The topological polar surface area (TPSA) is 172 Å². The molecule has 3 aliphatic rings. The van der Waals surface area contributed by atoms with Gasteiger partial charge in [-0.3, -0.25) is 19.2 Å². The van der Waals surface area contributed by atoms with Crippen molar-refractivity contribution in [3.63, 3.8) is 0 Å². The van der Waals surface area contributed by atoms with Crippen LogP contribution in [0.25, 0.3) is 0 Å². The number of ether oxygens (including phenoxy) is 1. The molecule has 1 aliphatic heterocycles. The molecule has 0 radical (unpaired) electrons. The predicted octanol–water partition coefficient (Wildman–Crippen LogP) is 1.79. The SMILES string of the molecule is CC(C)(C#N)OC(=O)N[C@H](C(=O)N1C[C@H]2[C@@H]([C@H]1C(=O)NC(CC1CCC1)C(=O)C(N)=O)C2(Cl)Cl)C(C)(C)C. The van der Waals surface area contributed by atoms with E-state index in [1.165, 1.54) is 18.7 Å². The summed E-state index contributed by atoms with van der Waals surface area (Å²) in [4.78, 5) is 65.3. The number of fused-ring (bicyclic) bond motifs is 1. The fourth-order valence-corrected chi connectivity index (χ4v) is 5.90. The van der Waals surface area contributed by atoms with Gasteiger partial charge in [-0.2, -0.15) is 5.26 Å². The van der Waals surface area contributed by atoms with Crippen LogP contribution in [0, 0.1) is 34.5 Å². The fourth-order valence-electron chi connectivity index (χ4n) is 5.07. The molecular formula is C25H35Cl2N5O6. The molecule has 3 fully saturated rings. The van der Waals surface area contributed by atoms with Gasteiger partial charge in [-0.25, -0.2) is 4.79 Å². The summed E-state index contributed by atoms with van der Waals surface area (Å²) in [5, 5.41) is 14.3. The number of nitrogens with one attached hydrogen (secondary N) is 2. The van der Waals surface area contributed by atoms with Crippen LogP contribution in [0.5, 0.6) is 0 Å². The third kappa shape index (κ3) is 6.18. The number of carbonyl (C=O) groups is 5. The van der Waals surface area contributed by atoms with Crippen LogP contribution in [0.1, 0.15) is 60.3 Å². The molecule has 4 amide bonds. The molecule has 0 aromatic carbocycles. The second-order valence-corrected chi connectivity index (χ2v) is 13.5. The number of amides is 4. The van der Waals surface area contributed by atoms with E-state index in [-0.39, 0.29) is 18.9 Å². The molecule has 1 heterocycles. The first-order chi connectivity index (χ1) is 17.4. The molecular weight excluding hydrogens is 537 g/mol. The summed E-state index contributed by atoms with van der Waals surface area (Å²) in [5.41, 5.74) is 2.99. The minimum Gasteiger partial charge on any atom is -0.428 e. The zero-order valence-corrected chi connectivity index (χ0v) is 23.7. The standard InChI is InChI=1S/C25H35Cl2N5O6/c1-23(2,3)18(31-22(37)38-24(4,5)11-28)21(36)32-10-13-15(25(13,26)27)16(32)20(35)30-14(17(33)19(29)34)9-12-7-6-8-12/h12-16,18H,6-10H2,1-5H3,(H2,29,34)(H,30,35)(H,31,37)/t13-,14?,15-,16-,18+/m0/s1. The van der Waals surface area contributed by atoms with Gasteiger partial charge in [0, 0.05) is 18.4 Å². The molecule has 0 bridgehead atoms. The van der Waals surface area contributed by atoms with Crippen LogP contribution in [-0.2, 0) is 23.9 Å². The van der Waals surface area contributed by atoms with E-state index in [2.05, 4.69) is 10.6 Å². The first-order valence-corrected chi connectivity index (χ1v) is 13.4. The number of ketones is 1. The van der Waals surface area contributed by atoms with Crippen molar-refractivity contribution in [2.24, 2.45) is 28.9 Å². The minimum absolute atomic E-state index is 0.0542. The molecule has 0 spiro atoms. The van der Waals surface area contributed by atoms with Gasteiger partial charge in [-0.1, -0.05) is 40.0 Å². The van der Waals surface area contributed by atoms with Crippen LogP contribution < -0.4 is 16.4 Å². The molecule has 2 saturated carbocycles. The molecule has 13 heteroatoms. The van der Waals surface area contributed by atoms with E-state index in [9.17, 15) is 24.0 Å². The van der Waals surface area contributed by atoms with Crippen LogP contribution in [-0.4, -0.2) is 69.1 Å². The van der Waals surface area contributed by atoms with E-state index >= 15 is 0 Å². The van der Waals surface area contributed by atoms with E-state index in [1.807, 2.05) is 6.07 Å². The molecule has 11 nitrogen and oxygen atoms in total. The van der Waals surface area contributed by atoms with Crippen molar-refractivity contribution in [3.8, 4) is 6.07 Å². The van der Waals surface area contributed by atoms with E-state index in [1.54, 1.807) is 20.8 Å². The Morgan fingerprint density at radius 3 is 2.21 bits per heavy atom. The van der Waals surface area contributed by atoms with Crippen LogP contribution >= 0.6 is 23.2 Å². The number of likely N-dealkylation sites (tertiary alicyclic amines) is 1. The highest BCUT2D eigenvalue weighted by molar-refractivity contribution is 6.51. The number of alkyl halides is 2. The molecule has 2 aliphatic carbocycles. The number of hydrogen-bond acceptors (Lipinski definition) is 7. The number of piperidine rings is 1. The summed E-state index contributed by atoms with van der Waals surface area (Å²) < 4.78 is 3.89. The Kier molecular flexibility index (Phi) is 8.31. The second kappa shape index (κ2) is 10.5. The van der Waals surface area contributed by atoms with Gasteiger partial charge in [0.25, 0.3) is 5.91 Å². The molecule has 1 unspecified atom stereocenters. The summed E-state index contributed by atoms with van der Waals surface area (Å²) in [6.07, 6.45) is 2.05. The number of rotatable bonds is 9. The number of Topliss-reactive ketones (excluding diaryl/α,β-unsaturated/α-hetero) is 1. The summed E-state index contributed by atoms with van der Waals surface area (Å²) >= 11 is 12.8. The lowest BCUT2D eigenvalue weighted by Gasteiger charge is -2.37. The van der Waals surface area contributed by atoms with Crippen molar-refractivity contribution in [2.75, 3.05) is 6.54 Å². The maximum atomic E-state index is 13.8. The van der Waals surface area contributed by atoms with E-state index in [4.69, 9.17) is 38.9 Å². The Morgan fingerprint density at radius 2 is 1.74 bits per heavy atom. The first-order valence-electron chi connectivity index (χ1n) is 12.6. The van der Waals surface area contributed by atoms with Crippen molar-refractivity contribution < 1.29 is 28.7 Å². The maximum Gasteiger partial charge on any atom is 0.409 e. The van der Waals surface area contributed by atoms with Gasteiger partial charge in [-0.15, -0.1) is 23.2 Å². The number of alkyl carbamates (subject to hydrolysis) is 1. The van der Waals surface area contributed by atoms with Crippen LogP contribution in [0.15, 0.2) is 0 Å². The van der Waals surface area contributed by atoms with Gasteiger partial charge in [0.1, 0.15) is 22.5 Å². The molecule has 0 aromatic heterocycles. The lowest BCUT2D eigenvalue weighted by Crippen LogP contribution is -2.61. The average molecular weight is 572 g/mol. The number of nitrogens with two attached hydrogens (primary N) is 1. The van der Waals surface area contributed by atoms with Crippen LogP contribution in [0.4, 0.5) is 4.79 Å². The summed E-state index contributed by atoms with van der Waals surface area (Å²) in [6.45, 7) is 8.05. The lowest BCUT2D eigenvalue weighted by atomic mass is 9.80. The zero-order chi connectivity index (χ0) is 28.8. The quantitative estimate of drug-likeness (QED) is 0.279. The van der Waals surface area contributed by atoms with E-state index < -0.39 is 74.9 Å². The minimum atomic E-state index is -1.42. The second-order valence-electron chi connectivity index (χ2n) is 12.0. The van der Waals surface area contributed by atoms with Crippen LogP contribution in [0.2, 0.25) is 0 Å². The van der Waals surface area contributed by atoms with Gasteiger partial charge in [-0.05, 0) is 31.6 Å². The lowest BCUT2D eigenvalue weighted by molar-refractivity contribution is -0.144. The van der Waals surface area contributed by atoms with Gasteiger partial charge in [0.15, 0.2) is 5.60 Å². The zero-order valence-electron chi connectivity index (χ0n) is 22.2. The molecule has 1 saturated heterocycles. The Hall–Kier alpha value is -2.58. The normalized spacial score (nSPS) is 25.6. The van der Waals surface area contributed by atoms with Crippen molar-refractivity contribution in [2.45, 2.75) is 88.4 Å². The maximum absolute atomic E-state index is 13.8. The van der Waals surface area contributed by atoms with E-state index in [0.717, 1.165) is 19.3 Å². The van der Waals surface area contributed by atoms with Gasteiger partial charge in [0.2, 0.25) is 17.6 Å². The van der Waals surface area contributed by atoms with Gasteiger partial charge in [0.05, 0.1) is 6.04 Å². The Bertz CT molecular complexity index is 1060. The molecule has 210 valence electrons. The van der Waals surface area contributed by atoms with Gasteiger partial charge >= 0.3 is 6.09 Å². The number of nitriles is 1. The summed E-state index contributed by atoms with van der Waals surface area (Å²) in [6, 6.07) is -1.54. The van der Waals surface area contributed by atoms with Crippen molar-refractivity contribution in [3.05, 3.63) is 0 Å². The highest BCUT2D eigenvalue weighted by Gasteiger charge is 2.74. The van der Waals surface area contributed by atoms with Crippen molar-refractivity contribution in [1.82, 2.24) is 15.5 Å². The van der Waals surface area contributed by atoms with Crippen LogP contribution in [0.3, 0.4) is 0 Å². The molecule has 3 rings (SSSR count). The molecule has 5 atom stereocenters. The first kappa shape index (κ1) is 30.0. The Morgan fingerprint density at radius 1 is 1.13 bits per heavy atom. The summed E-state index contributed by atoms with van der Waals surface area (Å²) in [5.74, 6) is -4.13. The third-order valence-corrected chi connectivity index (χ3v) is 8.61. The molecule has 38 heavy (non-hydrogen) atoms. The smallest absolute Gasteiger partial charge is 0.409 e. The van der Waals surface area contributed by atoms with Gasteiger partial charge < -0.3 is 26.0 Å².